The molecule has 120 valence electrons. The molecule has 3 rings (SSSR count). The predicted octanol–water partition coefficient (Wildman–Crippen LogP) is 2.57. The van der Waals surface area contributed by atoms with Crippen molar-refractivity contribution in [2.45, 2.75) is 19.9 Å². The zero-order valence-corrected chi connectivity index (χ0v) is 13.8. The highest BCUT2D eigenvalue weighted by Crippen LogP contribution is 2.32. The molecule has 0 radical (unpaired) electrons. The Morgan fingerprint density at radius 1 is 1.45 bits per heavy atom. The minimum Gasteiger partial charge on any atom is -0.497 e. The maximum atomic E-state index is 12.0. The van der Waals surface area contributed by atoms with Gasteiger partial charge in [0.15, 0.2) is 0 Å². The second-order valence-electron chi connectivity index (χ2n) is 5.54. The van der Waals surface area contributed by atoms with Gasteiger partial charge in [0, 0.05) is 24.0 Å². The highest BCUT2D eigenvalue weighted by molar-refractivity contribution is 5.85. The van der Waals surface area contributed by atoms with Crippen LogP contribution in [0.2, 0.25) is 0 Å². The molecule has 1 aromatic heterocycles. The number of amides is 1. The quantitative estimate of drug-likeness (QED) is 0.907. The zero-order chi connectivity index (χ0) is 15.0. The van der Waals surface area contributed by atoms with E-state index in [9.17, 15) is 4.79 Å². The van der Waals surface area contributed by atoms with Gasteiger partial charge in [-0.1, -0.05) is 0 Å². The van der Waals surface area contributed by atoms with Crippen LogP contribution in [-0.4, -0.2) is 26.1 Å². The standard InChI is InChI=1S/C16H20N2O3.ClH/c1-9-13-6-12(20-3)4-5-14(13)21-15(9)10(2)18-16(19)11-7-17-8-11;/h4-6,10-11,17H,7-8H2,1-3H3,(H,18,19);1H. The molecule has 2 heterocycles. The van der Waals surface area contributed by atoms with E-state index in [2.05, 4.69) is 10.6 Å². The van der Waals surface area contributed by atoms with Crippen molar-refractivity contribution in [2.75, 3.05) is 20.2 Å². The number of nitrogens with one attached hydrogen (secondary N) is 2. The highest BCUT2D eigenvalue weighted by atomic mass is 35.5. The molecule has 1 aliphatic rings. The Hall–Kier alpha value is -1.72. The molecule has 1 atom stereocenters. The molecule has 0 spiro atoms. The van der Waals surface area contributed by atoms with E-state index in [0.717, 1.165) is 41.1 Å². The van der Waals surface area contributed by atoms with Crippen LogP contribution in [0.25, 0.3) is 11.0 Å². The number of methoxy groups -OCH3 is 1. The average Bonchev–Trinajstić information content (AvgIpc) is 2.73. The van der Waals surface area contributed by atoms with Crippen molar-refractivity contribution in [1.29, 1.82) is 0 Å². The second-order valence-corrected chi connectivity index (χ2v) is 5.54. The third kappa shape index (κ3) is 2.91. The van der Waals surface area contributed by atoms with Gasteiger partial charge in [0.05, 0.1) is 19.1 Å². The fourth-order valence-corrected chi connectivity index (χ4v) is 2.63. The summed E-state index contributed by atoms with van der Waals surface area (Å²) < 4.78 is 11.2. The molecule has 22 heavy (non-hydrogen) atoms. The van der Waals surface area contributed by atoms with Crippen LogP contribution in [0.5, 0.6) is 5.75 Å². The molecule has 6 heteroatoms. The minimum atomic E-state index is -0.142. The van der Waals surface area contributed by atoms with E-state index in [1.165, 1.54) is 0 Å². The van der Waals surface area contributed by atoms with Gasteiger partial charge in [0.25, 0.3) is 0 Å². The molecule has 1 amide bonds. The van der Waals surface area contributed by atoms with Crippen LogP contribution in [0.15, 0.2) is 22.6 Å². The Morgan fingerprint density at radius 2 is 2.18 bits per heavy atom. The number of aryl methyl sites for hydroxylation is 1. The third-order valence-electron chi connectivity index (χ3n) is 4.08. The topological polar surface area (TPSA) is 63.5 Å². The summed E-state index contributed by atoms with van der Waals surface area (Å²) in [5.74, 6) is 1.77. The number of hydrogen-bond acceptors (Lipinski definition) is 4. The van der Waals surface area contributed by atoms with Gasteiger partial charge in [-0.3, -0.25) is 4.79 Å². The number of fused-ring (bicyclic) bond motifs is 1. The van der Waals surface area contributed by atoms with Crippen molar-refractivity contribution in [3.63, 3.8) is 0 Å². The monoisotopic (exact) mass is 324 g/mol. The molecular weight excluding hydrogens is 304 g/mol. The molecule has 1 saturated heterocycles. The van der Waals surface area contributed by atoms with E-state index in [-0.39, 0.29) is 30.3 Å². The van der Waals surface area contributed by atoms with E-state index >= 15 is 0 Å². The first-order chi connectivity index (χ1) is 10.1. The maximum Gasteiger partial charge on any atom is 0.226 e. The van der Waals surface area contributed by atoms with E-state index in [0.29, 0.717) is 0 Å². The fraction of sp³-hybridized carbons (Fsp3) is 0.438. The van der Waals surface area contributed by atoms with E-state index in [1.54, 1.807) is 7.11 Å². The molecule has 0 aliphatic carbocycles. The van der Waals surface area contributed by atoms with Gasteiger partial charge in [-0.2, -0.15) is 0 Å². The summed E-state index contributed by atoms with van der Waals surface area (Å²) >= 11 is 0. The first kappa shape index (κ1) is 16.6. The first-order valence-corrected chi connectivity index (χ1v) is 7.18. The van der Waals surface area contributed by atoms with Gasteiger partial charge >= 0.3 is 0 Å². The van der Waals surface area contributed by atoms with Crippen molar-refractivity contribution in [2.24, 2.45) is 5.92 Å². The Bertz CT molecular complexity index is 679. The summed E-state index contributed by atoms with van der Waals surface area (Å²) in [5, 5.41) is 7.15. The summed E-state index contributed by atoms with van der Waals surface area (Å²) in [6, 6.07) is 5.59. The number of benzene rings is 1. The van der Waals surface area contributed by atoms with Crippen LogP contribution in [0, 0.1) is 12.8 Å². The molecule has 5 nitrogen and oxygen atoms in total. The van der Waals surface area contributed by atoms with Crippen molar-refractivity contribution >= 4 is 29.3 Å². The Kier molecular flexibility index (Phi) is 4.98. The number of ether oxygens (including phenoxy) is 1. The summed E-state index contributed by atoms with van der Waals surface area (Å²) in [6.07, 6.45) is 0. The molecule has 2 N–H and O–H groups in total. The van der Waals surface area contributed by atoms with Crippen molar-refractivity contribution in [1.82, 2.24) is 10.6 Å². The van der Waals surface area contributed by atoms with Crippen molar-refractivity contribution < 1.29 is 13.9 Å². The fourth-order valence-electron chi connectivity index (χ4n) is 2.63. The molecule has 1 unspecified atom stereocenters. The lowest BCUT2D eigenvalue weighted by atomic mass is 10.0. The van der Waals surface area contributed by atoms with Crippen LogP contribution in [0.3, 0.4) is 0 Å². The average molecular weight is 325 g/mol. The van der Waals surface area contributed by atoms with Gasteiger partial charge in [0.1, 0.15) is 17.1 Å². The maximum absolute atomic E-state index is 12.0. The largest absolute Gasteiger partial charge is 0.497 e. The number of carbonyl (C=O) groups excluding carboxylic acids is 1. The third-order valence-corrected chi connectivity index (χ3v) is 4.08. The molecule has 0 bridgehead atoms. The number of rotatable bonds is 4. The Morgan fingerprint density at radius 3 is 2.77 bits per heavy atom. The second kappa shape index (κ2) is 6.58. The molecule has 1 aliphatic heterocycles. The minimum absolute atomic E-state index is 0. The van der Waals surface area contributed by atoms with Crippen LogP contribution in [0.1, 0.15) is 24.3 Å². The molecule has 0 saturated carbocycles. The normalized spacial score (nSPS) is 15.8. The van der Waals surface area contributed by atoms with Gasteiger partial charge in [-0.25, -0.2) is 0 Å². The van der Waals surface area contributed by atoms with Gasteiger partial charge < -0.3 is 19.8 Å². The van der Waals surface area contributed by atoms with E-state index in [4.69, 9.17) is 9.15 Å². The van der Waals surface area contributed by atoms with Crippen molar-refractivity contribution in [3.8, 4) is 5.75 Å². The summed E-state index contributed by atoms with van der Waals surface area (Å²) in [7, 11) is 1.65. The van der Waals surface area contributed by atoms with Crippen LogP contribution < -0.4 is 15.4 Å². The highest BCUT2D eigenvalue weighted by Gasteiger charge is 2.27. The lowest BCUT2D eigenvalue weighted by Gasteiger charge is -2.27. The molecular formula is C16H21ClN2O3. The summed E-state index contributed by atoms with van der Waals surface area (Å²) in [5.41, 5.74) is 1.86. The number of furan rings is 1. The number of carbonyl (C=O) groups is 1. The van der Waals surface area contributed by atoms with Crippen LogP contribution >= 0.6 is 12.4 Å². The number of hydrogen-bond donors (Lipinski definition) is 2. The first-order valence-electron chi connectivity index (χ1n) is 7.18. The summed E-state index contributed by atoms with van der Waals surface area (Å²) in [6.45, 7) is 5.48. The molecule has 2 aromatic rings. The predicted molar refractivity (Wildman–Crippen MR) is 87.7 cm³/mol. The SMILES string of the molecule is COc1ccc2oc(C(C)NC(=O)C3CNC3)c(C)c2c1.Cl. The van der Waals surface area contributed by atoms with Gasteiger partial charge in [-0.15, -0.1) is 12.4 Å². The van der Waals surface area contributed by atoms with Gasteiger partial charge in [0.2, 0.25) is 5.91 Å². The van der Waals surface area contributed by atoms with E-state index < -0.39 is 0 Å². The van der Waals surface area contributed by atoms with Gasteiger partial charge in [-0.05, 0) is 32.0 Å². The van der Waals surface area contributed by atoms with Crippen LogP contribution in [-0.2, 0) is 4.79 Å². The molecule has 1 fully saturated rings. The van der Waals surface area contributed by atoms with Crippen LogP contribution in [0.4, 0.5) is 0 Å². The smallest absolute Gasteiger partial charge is 0.226 e. The molecule has 1 aromatic carbocycles. The zero-order valence-electron chi connectivity index (χ0n) is 12.9. The Labute approximate surface area is 135 Å². The lowest BCUT2D eigenvalue weighted by molar-refractivity contribution is -0.127. The lowest BCUT2D eigenvalue weighted by Crippen LogP contribution is -2.51. The van der Waals surface area contributed by atoms with Crippen molar-refractivity contribution in [3.05, 3.63) is 29.5 Å². The van der Waals surface area contributed by atoms with E-state index in [1.807, 2.05) is 32.0 Å². The summed E-state index contributed by atoms with van der Waals surface area (Å²) in [4.78, 5) is 12.0. The Balaban J connectivity index is 0.00000176. The number of halogens is 1.